The van der Waals surface area contributed by atoms with Gasteiger partial charge in [0.2, 0.25) is 0 Å². The Hall–Kier alpha value is -3.21. The number of ether oxygens (including phenoxy) is 1. The number of carbonyl (C=O) groups excluding carboxylic acids is 3. The van der Waals surface area contributed by atoms with Gasteiger partial charge < -0.3 is 10.1 Å². The smallest absolute Gasteiger partial charge is 0.417 e. The van der Waals surface area contributed by atoms with Crippen LogP contribution < -0.4 is 10.7 Å². The lowest BCUT2D eigenvalue weighted by Gasteiger charge is -2.12. The van der Waals surface area contributed by atoms with Crippen molar-refractivity contribution < 1.29 is 32.3 Å². The Balaban J connectivity index is 1.72. The number of nitrogens with zero attached hydrogens (tertiary/aromatic N) is 1. The van der Waals surface area contributed by atoms with Crippen LogP contribution in [0.1, 0.15) is 51.7 Å². The van der Waals surface area contributed by atoms with E-state index in [2.05, 4.69) is 10.4 Å². The molecule has 11 heteroatoms. The molecular weight excluding hydrogens is 447 g/mol. The lowest BCUT2D eigenvalue weighted by molar-refractivity contribution is -0.137. The fraction of sp³-hybridized carbons (Fsp3) is 0.333. The van der Waals surface area contributed by atoms with Crippen LogP contribution in [0.25, 0.3) is 0 Å². The Morgan fingerprint density at radius 1 is 1.16 bits per heavy atom. The fourth-order valence-corrected chi connectivity index (χ4v) is 4.58. The van der Waals surface area contributed by atoms with Gasteiger partial charge in [0, 0.05) is 10.4 Å². The molecule has 0 spiro atoms. The van der Waals surface area contributed by atoms with Crippen LogP contribution in [0.15, 0.2) is 29.4 Å². The van der Waals surface area contributed by atoms with Crippen molar-refractivity contribution in [2.45, 2.75) is 38.8 Å². The second-order valence-corrected chi connectivity index (χ2v) is 7.98. The lowest BCUT2D eigenvalue weighted by Crippen LogP contribution is -2.32. The number of nitrogens with one attached hydrogen (secondary N) is 2. The molecule has 0 fully saturated rings. The van der Waals surface area contributed by atoms with Crippen molar-refractivity contribution in [3.63, 3.8) is 0 Å². The molecule has 1 aromatic heterocycles. The van der Waals surface area contributed by atoms with E-state index >= 15 is 0 Å². The molecule has 0 radical (unpaired) electrons. The summed E-state index contributed by atoms with van der Waals surface area (Å²) in [5.74, 6) is -2.87. The van der Waals surface area contributed by atoms with Gasteiger partial charge in [-0.3, -0.25) is 9.59 Å². The zero-order valence-electron chi connectivity index (χ0n) is 17.0. The van der Waals surface area contributed by atoms with E-state index in [1.165, 1.54) is 29.5 Å². The van der Waals surface area contributed by atoms with Crippen LogP contribution in [0, 0.1) is 0 Å². The number of alkyl halides is 3. The highest BCUT2D eigenvalue weighted by Crippen LogP contribution is 2.38. The Morgan fingerprint density at radius 3 is 2.59 bits per heavy atom. The quantitative estimate of drug-likeness (QED) is 0.302. The molecule has 3 rings (SSSR count). The number of amides is 2. The third-order valence-corrected chi connectivity index (χ3v) is 5.93. The number of benzene rings is 1. The first kappa shape index (κ1) is 23.5. The number of halogens is 3. The van der Waals surface area contributed by atoms with Crippen LogP contribution in [0.5, 0.6) is 0 Å². The molecule has 7 nitrogen and oxygen atoms in total. The summed E-state index contributed by atoms with van der Waals surface area (Å²) in [4.78, 5) is 37.8. The van der Waals surface area contributed by atoms with E-state index in [0.717, 1.165) is 42.0 Å². The number of anilines is 1. The van der Waals surface area contributed by atoms with Gasteiger partial charge in [-0.1, -0.05) is 18.2 Å². The average molecular weight is 467 g/mol. The second kappa shape index (κ2) is 9.94. The molecule has 0 saturated carbocycles. The van der Waals surface area contributed by atoms with Crippen LogP contribution in [-0.2, 0) is 33.3 Å². The van der Waals surface area contributed by atoms with Gasteiger partial charge in [0.05, 0.1) is 23.9 Å². The largest absolute Gasteiger partial charge is 0.462 e. The molecule has 2 amide bonds. The van der Waals surface area contributed by atoms with Gasteiger partial charge >= 0.3 is 24.0 Å². The van der Waals surface area contributed by atoms with Crippen LogP contribution in [0.3, 0.4) is 0 Å². The maximum atomic E-state index is 13.0. The van der Waals surface area contributed by atoms with Crippen LogP contribution in [0.2, 0.25) is 0 Å². The zero-order chi connectivity index (χ0) is 23.3. The minimum Gasteiger partial charge on any atom is -0.462 e. The first-order valence-corrected chi connectivity index (χ1v) is 10.7. The first-order chi connectivity index (χ1) is 15.2. The van der Waals surface area contributed by atoms with Crippen molar-refractivity contribution in [2.75, 3.05) is 11.9 Å². The van der Waals surface area contributed by atoms with E-state index in [1.807, 2.05) is 5.43 Å². The maximum Gasteiger partial charge on any atom is 0.417 e. The van der Waals surface area contributed by atoms with Crippen molar-refractivity contribution in [3.05, 3.63) is 51.4 Å². The number of fused-ring (bicyclic) bond motifs is 1. The summed E-state index contributed by atoms with van der Waals surface area (Å²) in [5, 5.41) is 6.07. The molecule has 1 aliphatic carbocycles. The number of hydrazone groups is 1. The second-order valence-electron chi connectivity index (χ2n) is 6.87. The predicted molar refractivity (Wildman–Crippen MR) is 113 cm³/mol. The van der Waals surface area contributed by atoms with Gasteiger partial charge in [0.25, 0.3) is 0 Å². The van der Waals surface area contributed by atoms with Crippen molar-refractivity contribution in [2.24, 2.45) is 5.10 Å². The highest BCUT2D eigenvalue weighted by atomic mass is 32.1. The number of thiophene rings is 1. The molecule has 2 N–H and O–H groups in total. The average Bonchev–Trinajstić information content (AvgIpc) is 3.11. The van der Waals surface area contributed by atoms with Gasteiger partial charge in [0.1, 0.15) is 5.00 Å². The Labute approximate surface area is 185 Å². The molecule has 1 aliphatic rings. The third-order valence-electron chi connectivity index (χ3n) is 4.72. The Morgan fingerprint density at radius 2 is 1.88 bits per heavy atom. The molecule has 0 bridgehead atoms. The summed E-state index contributed by atoms with van der Waals surface area (Å²) in [6, 6.07) is 4.68. The summed E-state index contributed by atoms with van der Waals surface area (Å²) in [6.07, 6.45) is -0.494. The molecule has 1 heterocycles. The van der Waals surface area contributed by atoms with E-state index in [1.54, 1.807) is 6.92 Å². The molecule has 0 unspecified atom stereocenters. The summed E-state index contributed by atoms with van der Waals surface area (Å²) in [7, 11) is 0. The Bertz CT molecular complexity index is 1060. The summed E-state index contributed by atoms with van der Waals surface area (Å²) >= 11 is 1.21. The molecule has 0 atom stereocenters. The van der Waals surface area contributed by atoms with Crippen molar-refractivity contribution >= 4 is 40.3 Å². The molecule has 2 aromatic rings. The predicted octanol–water partition coefficient (Wildman–Crippen LogP) is 3.91. The normalized spacial score (nSPS) is 13.5. The monoisotopic (exact) mass is 467 g/mol. The molecule has 0 aliphatic heterocycles. The lowest BCUT2D eigenvalue weighted by atomic mass is 9.95. The summed E-state index contributed by atoms with van der Waals surface area (Å²) in [5.41, 5.74) is 1.77. The van der Waals surface area contributed by atoms with Gasteiger partial charge in [-0.2, -0.15) is 18.3 Å². The minimum absolute atomic E-state index is 0.158. The zero-order valence-corrected chi connectivity index (χ0v) is 17.9. The van der Waals surface area contributed by atoms with Crippen molar-refractivity contribution in [3.8, 4) is 0 Å². The molecule has 1 aromatic carbocycles. The Kier molecular flexibility index (Phi) is 7.29. The van der Waals surface area contributed by atoms with E-state index in [4.69, 9.17) is 4.74 Å². The number of esters is 1. The van der Waals surface area contributed by atoms with Gasteiger partial charge in [0.15, 0.2) is 0 Å². The van der Waals surface area contributed by atoms with Crippen molar-refractivity contribution in [1.29, 1.82) is 0 Å². The van der Waals surface area contributed by atoms with Gasteiger partial charge in [-0.25, -0.2) is 10.2 Å². The highest BCUT2D eigenvalue weighted by Gasteiger charge is 2.32. The topological polar surface area (TPSA) is 96.9 Å². The number of hydrogen-bond donors (Lipinski definition) is 2. The van der Waals surface area contributed by atoms with Crippen LogP contribution in [-0.4, -0.2) is 30.6 Å². The van der Waals surface area contributed by atoms with E-state index < -0.39 is 29.5 Å². The van der Waals surface area contributed by atoms with Gasteiger partial charge in [-0.05, 0) is 44.2 Å². The summed E-state index contributed by atoms with van der Waals surface area (Å²) in [6.45, 7) is 1.82. The highest BCUT2D eigenvalue weighted by molar-refractivity contribution is 7.17. The molecular formula is C21H20F3N3O4S. The van der Waals surface area contributed by atoms with Crippen molar-refractivity contribution in [1.82, 2.24) is 5.43 Å². The fourth-order valence-electron chi connectivity index (χ4n) is 3.31. The first-order valence-electron chi connectivity index (χ1n) is 9.84. The summed E-state index contributed by atoms with van der Waals surface area (Å²) < 4.78 is 44.1. The van der Waals surface area contributed by atoms with Crippen LogP contribution >= 0.6 is 11.3 Å². The molecule has 170 valence electrons. The number of hydrogen-bond acceptors (Lipinski definition) is 6. The van der Waals surface area contributed by atoms with Crippen LogP contribution in [0.4, 0.5) is 18.2 Å². The molecule has 0 saturated heterocycles. The van der Waals surface area contributed by atoms with E-state index in [-0.39, 0.29) is 22.7 Å². The van der Waals surface area contributed by atoms with E-state index in [0.29, 0.717) is 6.42 Å². The SMILES string of the molecule is CCOC(=O)c1c(NC(=O)C(=O)N/N=C\c2ccccc2C(F)(F)F)sc2c1CCCC2. The molecule has 32 heavy (non-hydrogen) atoms. The maximum absolute atomic E-state index is 13.0. The standard InChI is InChI=1S/C21H20F3N3O4S/c1-2-31-20(30)16-13-8-4-6-10-15(13)32-19(16)26-17(28)18(29)27-25-11-12-7-3-5-9-14(12)21(22,23)24/h3,5,7,9,11H,2,4,6,8,10H2,1H3,(H,26,28)(H,27,29)/b25-11-. The van der Waals surface area contributed by atoms with Gasteiger partial charge in [-0.15, -0.1) is 11.3 Å². The number of carbonyl (C=O) groups is 3. The van der Waals surface area contributed by atoms with E-state index in [9.17, 15) is 27.6 Å². The number of aryl methyl sites for hydroxylation is 1. The minimum atomic E-state index is -4.59. The number of rotatable bonds is 5. The third kappa shape index (κ3) is 5.34.